The van der Waals surface area contributed by atoms with Gasteiger partial charge in [-0.05, 0) is 0 Å². The molecular weight excluding hydrogens is 476 g/mol. The predicted molar refractivity (Wildman–Crippen MR) is 113 cm³/mol. The van der Waals surface area contributed by atoms with E-state index >= 15 is 0 Å². The Bertz CT molecular complexity index is 1160. The first-order valence-corrected chi connectivity index (χ1v) is 9.84. The molecule has 1 aromatic heterocycles. The number of benzene rings is 2. The van der Waals surface area contributed by atoms with E-state index < -0.39 is 31.2 Å². The van der Waals surface area contributed by atoms with Crippen LogP contribution in [0, 0.1) is 0 Å². The number of aromatic hydroxyl groups is 3. The Labute approximate surface area is 199 Å². The Morgan fingerprint density at radius 2 is 1.56 bits per heavy atom. The van der Waals surface area contributed by atoms with Crippen LogP contribution in [-0.4, -0.2) is 76.1 Å². The Kier molecular flexibility index (Phi) is 7.44. The average molecular weight is 499 g/mol. The molecule has 1 unspecified atom stereocenters. The first-order chi connectivity index (χ1) is 15.8. The summed E-state index contributed by atoms with van der Waals surface area (Å²) in [5.74, 6) is -0.630. The monoisotopic (exact) mass is 498 g/mol. The van der Waals surface area contributed by atoms with Crippen molar-refractivity contribution in [3.63, 3.8) is 0 Å². The van der Waals surface area contributed by atoms with Crippen LogP contribution >= 0.6 is 0 Å². The lowest BCUT2D eigenvalue weighted by atomic mass is 10.1. The van der Waals surface area contributed by atoms with E-state index in [1.807, 2.05) is 0 Å². The highest BCUT2D eigenvalue weighted by Crippen LogP contribution is 2.45. The average Bonchev–Trinajstić information content (AvgIpc) is 3.07. The minimum absolute atomic E-state index is 0. The number of ether oxygens (including phenoxy) is 4. The number of aliphatic hydroxyl groups excluding tert-OH is 3. The van der Waals surface area contributed by atoms with Gasteiger partial charge >= 0.3 is 11.3 Å². The number of halogens is 1. The molecule has 34 heavy (non-hydrogen) atoms. The molecule has 6 N–H and O–H groups in total. The molecule has 0 spiro atoms. The summed E-state index contributed by atoms with van der Waals surface area (Å²) in [7, 11) is 2.70. The Balaban J connectivity index is 0.00000324. The molecule has 0 aliphatic carbocycles. The van der Waals surface area contributed by atoms with Crippen LogP contribution in [-0.2, 0) is 4.74 Å². The van der Waals surface area contributed by atoms with E-state index in [-0.39, 0.29) is 63.6 Å². The quantitative estimate of drug-likeness (QED) is 0.215. The van der Waals surface area contributed by atoms with Crippen molar-refractivity contribution in [2.24, 2.45) is 0 Å². The molecule has 11 nitrogen and oxygen atoms in total. The minimum atomic E-state index is -1.48. The fraction of sp³-hybridized carbons (Fsp3) is 0.318. The van der Waals surface area contributed by atoms with E-state index in [0.29, 0.717) is 5.56 Å². The number of phenolic OH excluding ortho intramolecular Hbond substituents is 3. The third-order valence-electron chi connectivity index (χ3n) is 5.30. The number of hydrogen-bond donors (Lipinski definition) is 6. The lowest BCUT2D eigenvalue weighted by Crippen LogP contribution is -3.00. The molecule has 3 aromatic rings. The van der Waals surface area contributed by atoms with E-state index in [0.717, 1.165) is 6.07 Å². The Morgan fingerprint density at radius 3 is 2.12 bits per heavy atom. The van der Waals surface area contributed by atoms with Gasteiger partial charge in [-0.2, -0.15) is 0 Å². The van der Waals surface area contributed by atoms with Crippen LogP contribution < -0.4 is 26.6 Å². The second kappa shape index (κ2) is 9.95. The molecule has 4 rings (SSSR count). The summed E-state index contributed by atoms with van der Waals surface area (Å²) in [5, 5.41) is 60.2. The van der Waals surface area contributed by atoms with Crippen molar-refractivity contribution in [1.29, 1.82) is 0 Å². The van der Waals surface area contributed by atoms with Gasteiger partial charge in [0.1, 0.15) is 35.2 Å². The molecule has 2 heterocycles. The van der Waals surface area contributed by atoms with Crippen molar-refractivity contribution in [3.8, 4) is 45.8 Å². The van der Waals surface area contributed by atoms with Crippen LogP contribution in [0.15, 0.2) is 34.7 Å². The summed E-state index contributed by atoms with van der Waals surface area (Å²) in [6.45, 7) is -0.542. The van der Waals surface area contributed by atoms with Crippen LogP contribution in [0.25, 0.3) is 22.3 Å². The lowest BCUT2D eigenvalue weighted by Gasteiger charge is -2.16. The van der Waals surface area contributed by atoms with Crippen molar-refractivity contribution in [1.82, 2.24) is 0 Å². The highest BCUT2D eigenvalue weighted by atomic mass is 35.5. The zero-order valence-electron chi connectivity index (χ0n) is 18.0. The van der Waals surface area contributed by atoms with Gasteiger partial charge in [-0.3, -0.25) is 0 Å². The molecule has 12 heteroatoms. The van der Waals surface area contributed by atoms with Gasteiger partial charge in [-0.1, -0.05) is 0 Å². The molecule has 0 radical (unpaired) electrons. The molecule has 0 bridgehead atoms. The molecule has 1 saturated heterocycles. The third kappa shape index (κ3) is 4.43. The summed E-state index contributed by atoms with van der Waals surface area (Å²) in [4.78, 5) is 0. The zero-order valence-corrected chi connectivity index (χ0v) is 18.8. The van der Waals surface area contributed by atoms with Crippen LogP contribution in [0.2, 0.25) is 0 Å². The van der Waals surface area contributed by atoms with Crippen molar-refractivity contribution >= 4 is 11.0 Å². The van der Waals surface area contributed by atoms with Crippen LogP contribution in [0.5, 0.6) is 34.5 Å². The van der Waals surface area contributed by atoms with Gasteiger partial charge in [0.15, 0.2) is 11.5 Å². The number of methoxy groups -OCH3 is 2. The van der Waals surface area contributed by atoms with Crippen LogP contribution in [0.1, 0.15) is 0 Å². The molecule has 0 saturated carbocycles. The molecule has 1 aliphatic rings. The van der Waals surface area contributed by atoms with Crippen molar-refractivity contribution in [2.45, 2.75) is 24.6 Å². The predicted octanol–water partition coefficient (Wildman–Crippen LogP) is -1.66. The summed E-state index contributed by atoms with van der Waals surface area (Å²) in [5.41, 5.74) is 0.412. The first-order valence-electron chi connectivity index (χ1n) is 9.84. The molecular formula is C22H23ClO11. The van der Waals surface area contributed by atoms with Gasteiger partial charge in [0, 0.05) is 24.3 Å². The van der Waals surface area contributed by atoms with E-state index in [4.69, 9.17) is 23.4 Å². The van der Waals surface area contributed by atoms with Crippen molar-refractivity contribution < 1.29 is 66.4 Å². The highest BCUT2D eigenvalue weighted by molar-refractivity contribution is 5.88. The summed E-state index contributed by atoms with van der Waals surface area (Å²) in [6.07, 6.45) is -5.31. The topological polar surface area (TPSA) is 170 Å². The molecule has 4 atom stereocenters. The second-order valence-electron chi connectivity index (χ2n) is 7.37. The van der Waals surface area contributed by atoms with E-state index in [1.54, 1.807) is 0 Å². The van der Waals surface area contributed by atoms with Gasteiger partial charge in [0.2, 0.25) is 17.8 Å². The van der Waals surface area contributed by atoms with Crippen LogP contribution in [0.4, 0.5) is 0 Å². The molecule has 0 amide bonds. The number of fused-ring (bicyclic) bond motifs is 1. The Morgan fingerprint density at radius 1 is 0.912 bits per heavy atom. The van der Waals surface area contributed by atoms with Gasteiger partial charge in [0.25, 0.3) is 0 Å². The number of rotatable bonds is 6. The lowest BCUT2D eigenvalue weighted by molar-refractivity contribution is -0.116. The fourth-order valence-corrected chi connectivity index (χ4v) is 3.59. The summed E-state index contributed by atoms with van der Waals surface area (Å²) >= 11 is 0. The van der Waals surface area contributed by atoms with Gasteiger partial charge in [0.05, 0.1) is 32.5 Å². The Hall–Kier alpha value is -3.22. The van der Waals surface area contributed by atoms with Crippen LogP contribution in [0.3, 0.4) is 0 Å². The van der Waals surface area contributed by atoms with Crippen molar-refractivity contribution in [2.75, 3.05) is 20.8 Å². The van der Waals surface area contributed by atoms with Crippen molar-refractivity contribution in [3.05, 3.63) is 30.3 Å². The van der Waals surface area contributed by atoms with Gasteiger partial charge in [-0.15, -0.1) is 0 Å². The van der Waals surface area contributed by atoms with E-state index in [9.17, 15) is 30.6 Å². The molecule has 184 valence electrons. The largest absolute Gasteiger partial charge is 1.00 e. The standard InChI is InChI=1S/C22H22O11.ClH/c1-29-14-3-9(4-15(30-2)18(14)26)21-16(32-22-20(28)19(27)17(8-23)33-22)7-11-12(25)5-10(24)6-13(11)31-21;/h3-7,17,19-20,22-23,27-28H,8H2,1-2H3,(H2-,24,25,26);1H/t17-,19-,20+,22?;/m1./s1. The SMILES string of the molecule is COc1cc(-c2[o+]c3cc(O)cc(O)c3cc2OC2O[C@H](CO)[C@@H](O)[C@@H]2O)cc(OC)c1O.[Cl-]. The summed E-state index contributed by atoms with van der Waals surface area (Å²) < 4.78 is 27.5. The normalized spacial score (nSPS) is 21.8. The highest BCUT2D eigenvalue weighted by Gasteiger charge is 2.45. The zero-order chi connectivity index (χ0) is 23.9. The maximum atomic E-state index is 10.3. The maximum absolute atomic E-state index is 10.3. The number of aliphatic hydroxyl groups is 3. The first kappa shape index (κ1) is 25.4. The molecule has 1 fully saturated rings. The minimum Gasteiger partial charge on any atom is -1.00 e. The van der Waals surface area contributed by atoms with Gasteiger partial charge in [-0.25, -0.2) is 4.42 Å². The van der Waals surface area contributed by atoms with Gasteiger partial charge < -0.3 is 62.0 Å². The van der Waals surface area contributed by atoms with E-state index in [1.165, 1.54) is 38.5 Å². The number of hydrogen-bond acceptors (Lipinski definition) is 10. The smallest absolute Gasteiger partial charge is 0.402 e. The number of phenols is 3. The fourth-order valence-electron chi connectivity index (χ4n) is 3.59. The second-order valence-corrected chi connectivity index (χ2v) is 7.37. The maximum Gasteiger partial charge on any atom is 0.402 e. The van der Waals surface area contributed by atoms with E-state index in [2.05, 4.69) is 0 Å². The molecule has 2 aromatic carbocycles. The third-order valence-corrected chi connectivity index (χ3v) is 5.30. The molecule has 1 aliphatic heterocycles. The summed E-state index contributed by atoms with van der Waals surface area (Å²) in [6, 6.07) is 6.66.